The van der Waals surface area contributed by atoms with Crippen LogP contribution in [-0.2, 0) is 4.74 Å². The summed E-state index contributed by atoms with van der Waals surface area (Å²) in [5, 5.41) is 3.34. The first kappa shape index (κ1) is 23.5. The predicted octanol–water partition coefficient (Wildman–Crippen LogP) is 7.72. The Morgan fingerprint density at radius 3 is 2.27 bits per heavy atom. The Morgan fingerprint density at radius 2 is 1.67 bits per heavy atom. The van der Waals surface area contributed by atoms with Crippen molar-refractivity contribution in [1.29, 1.82) is 0 Å². The van der Waals surface area contributed by atoms with E-state index in [4.69, 9.17) is 9.72 Å². The van der Waals surface area contributed by atoms with Gasteiger partial charge in [0.05, 0.1) is 10.7 Å². The number of amides is 1. The van der Waals surface area contributed by atoms with Gasteiger partial charge in [-0.15, -0.1) is 11.3 Å². The van der Waals surface area contributed by atoms with Gasteiger partial charge in [0.15, 0.2) is 0 Å². The van der Waals surface area contributed by atoms with Gasteiger partial charge in [0.2, 0.25) is 0 Å². The smallest absolute Gasteiger partial charge is 0.410 e. The summed E-state index contributed by atoms with van der Waals surface area (Å²) in [4.78, 5) is 19.2. The number of carbonyl (C=O) groups excluding carboxylic acids is 1. The van der Waals surface area contributed by atoms with Crippen LogP contribution in [0.3, 0.4) is 0 Å². The first-order valence-electron chi connectivity index (χ1n) is 11.8. The summed E-state index contributed by atoms with van der Waals surface area (Å²) < 4.78 is 5.53. The van der Waals surface area contributed by atoms with E-state index in [-0.39, 0.29) is 6.09 Å². The molecule has 174 valence electrons. The fraction of sp³-hybridized carbons (Fsp3) is 0.429. The van der Waals surface area contributed by atoms with Gasteiger partial charge in [-0.2, -0.15) is 0 Å². The molecule has 0 spiro atoms. The number of hydrogen-bond acceptors (Lipinski definition) is 4. The maximum Gasteiger partial charge on any atom is 0.410 e. The van der Waals surface area contributed by atoms with Gasteiger partial charge in [0, 0.05) is 30.0 Å². The predicted molar refractivity (Wildman–Crippen MR) is 137 cm³/mol. The Kier molecular flexibility index (Phi) is 6.89. The van der Waals surface area contributed by atoms with Crippen LogP contribution < -0.4 is 0 Å². The normalized spacial score (nSPS) is 15.2. The van der Waals surface area contributed by atoms with Crippen molar-refractivity contribution in [3.05, 3.63) is 64.5 Å². The molecule has 0 bridgehead atoms. The minimum absolute atomic E-state index is 0.210. The van der Waals surface area contributed by atoms with Gasteiger partial charge < -0.3 is 9.64 Å². The number of rotatable bonds is 4. The zero-order valence-electron chi connectivity index (χ0n) is 20.3. The van der Waals surface area contributed by atoms with Crippen molar-refractivity contribution in [3.8, 4) is 22.4 Å². The molecule has 0 atom stereocenters. The number of piperidine rings is 1. The first-order chi connectivity index (χ1) is 15.7. The second-order valence-electron chi connectivity index (χ2n) is 10.1. The molecule has 1 amide bonds. The summed E-state index contributed by atoms with van der Waals surface area (Å²) in [5.41, 5.74) is 5.53. The zero-order chi connectivity index (χ0) is 23.6. The molecule has 0 unspecified atom stereocenters. The second kappa shape index (κ2) is 9.68. The van der Waals surface area contributed by atoms with Gasteiger partial charge in [-0.05, 0) is 56.2 Å². The van der Waals surface area contributed by atoms with Crippen LogP contribution in [0.15, 0.2) is 53.9 Å². The van der Waals surface area contributed by atoms with Gasteiger partial charge in [-0.3, -0.25) is 0 Å². The molecular weight excluding hydrogens is 428 g/mol. The highest BCUT2D eigenvalue weighted by atomic mass is 32.1. The van der Waals surface area contributed by atoms with E-state index in [0.29, 0.717) is 24.9 Å². The number of aromatic nitrogens is 1. The second-order valence-corrected chi connectivity index (χ2v) is 11.0. The van der Waals surface area contributed by atoms with Crippen LogP contribution in [0.25, 0.3) is 22.4 Å². The summed E-state index contributed by atoms with van der Waals surface area (Å²) in [6.45, 7) is 11.6. The molecule has 1 aliphatic heterocycles. The molecule has 5 heteroatoms. The van der Waals surface area contributed by atoms with Crippen LogP contribution in [0.4, 0.5) is 4.79 Å². The summed E-state index contributed by atoms with van der Waals surface area (Å²) in [6.07, 6.45) is 1.63. The molecular formula is C28H34N2O2S. The summed E-state index contributed by atoms with van der Waals surface area (Å²) >= 11 is 1.73. The molecule has 0 aliphatic carbocycles. The average Bonchev–Trinajstić information content (AvgIpc) is 3.28. The quantitative estimate of drug-likeness (QED) is 0.399. The Morgan fingerprint density at radius 1 is 1.03 bits per heavy atom. The standard InChI is InChI=1S/C28H34N2O2S/c1-19(2)20-10-12-21(13-11-20)23-8-6-7-9-24(23)25-18-33-26(29-25)22-14-16-30(17-15-22)27(31)32-28(3,4)5/h6-13,18-19,22H,14-17H2,1-5H3. The number of benzene rings is 2. The van der Waals surface area contributed by atoms with E-state index in [1.54, 1.807) is 11.3 Å². The minimum Gasteiger partial charge on any atom is -0.444 e. The number of hydrogen-bond donors (Lipinski definition) is 0. The molecule has 1 aliphatic rings. The van der Waals surface area contributed by atoms with Crippen LogP contribution in [0.1, 0.15) is 69.9 Å². The lowest BCUT2D eigenvalue weighted by Crippen LogP contribution is -2.41. The molecule has 4 nitrogen and oxygen atoms in total. The van der Waals surface area contributed by atoms with Crippen molar-refractivity contribution < 1.29 is 9.53 Å². The zero-order valence-corrected chi connectivity index (χ0v) is 21.1. The third-order valence-corrected chi connectivity index (χ3v) is 7.12. The van der Waals surface area contributed by atoms with Gasteiger partial charge in [0.1, 0.15) is 5.60 Å². The van der Waals surface area contributed by atoms with Crippen molar-refractivity contribution in [3.63, 3.8) is 0 Å². The third kappa shape index (κ3) is 5.64. The lowest BCUT2D eigenvalue weighted by atomic mass is 9.95. The Bertz CT molecular complexity index is 1090. The van der Waals surface area contributed by atoms with Gasteiger partial charge in [-0.1, -0.05) is 62.4 Å². The van der Waals surface area contributed by atoms with Crippen LogP contribution in [0, 0.1) is 0 Å². The Balaban J connectivity index is 1.48. The molecule has 1 saturated heterocycles. The van der Waals surface area contributed by atoms with E-state index >= 15 is 0 Å². The number of likely N-dealkylation sites (tertiary alicyclic amines) is 1. The van der Waals surface area contributed by atoms with Crippen LogP contribution in [-0.4, -0.2) is 34.7 Å². The summed E-state index contributed by atoms with van der Waals surface area (Å²) in [5.74, 6) is 0.914. The van der Waals surface area contributed by atoms with E-state index in [2.05, 4.69) is 67.8 Å². The summed E-state index contributed by atoms with van der Waals surface area (Å²) in [6, 6.07) is 17.4. The third-order valence-electron chi connectivity index (χ3n) is 6.11. The highest BCUT2D eigenvalue weighted by molar-refractivity contribution is 7.10. The molecule has 33 heavy (non-hydrogen) atoms. The molecule has 0 N–H and O–H groups in total. The van der Waals surface area contributed by atoms with Crippen LogP contribution >= 0.6 is 11.3 Å². The number of ether oxygens (including phenoxy) is 1. The first-order valence-corrected chi connectivity index (χ1v) is 12.7. The maximum atomic E-state index is 12.4. The molecule has 2 aromatic carbocycles. The van der Waals surface area contributed by atoms with Crippen molar-refractivity contribution in [1.82, 2.24) is 9.88 Å². The number of carbonyl (C=O) groups is 1. The van der Waals surface area contributed by atoms with E-state index in [9.17, 15) is 4.79 Å². The Hall–Kier alpha value is -2.66. The maximum absolute atomic E-state index is 12.4. The van der Waals surface area contributed by atoms with Crippen molar-refractivity contribution >= 4 is 17.4 Å². The van der Waals surface area contributed by atoms with Crippen molar-refractivity contribution in [2.24, 2.45) is 0 Å². The summed E-state index contributed by atoms with van der Waals surface area (Å²) in [7, 11) is 0. The highest BCUT2D eigenvalue weighted by Crippen LogP contribution is 2.37. The van der Waals surface area contributed by atoms with E-state index in [1.165, 1.54) is 27.3 Å². The topological polar surface area (TPSA) is 42.4 Å². The number of nitrogens with zero attached hydrogens (tertiary/aromatic N) is 2. The van der Waals surface area contributed by atoms with Gasteiger partial charge in [-0.25, -0.2) is 9.78 Å². The van der Waals surface area contributed by atoms with Crippen molar-refractivity contribution in [2.75, 3.05) is 13.1 Å². The van der Waals surface area contributed by atoms with Crippen LogP contribution in [0.2, 0.25) is 0 Å². The fourth-order valence-corrected chi connectivity index (χ4v) is 5.23. The largest absolute Gasteiger partial charge is 0.444 e. The van der Waals surface area contributed by atoms with Crippen LogP contribution in [0.5, 0.6) is 0 Å². The lowest BCUT2D eigenvalue weighted by Gasteiger charge is -2.32. The molecule has 1 fully saturated rings. The molecule has 2 heterocycles. The molecule has 3 aromatic rings. The van der Waals surface area contributed by atoms with E-state index in [1.807, 2.05) is 25.7 Å². The number of thiazole rings is 1. The molecule has 0 radical (unpaired) electrons. The van der Waals surface area contributed by atoms with Gasteiger partial charge >= 0.3 is 6.09 Å². The van der Waals surface area contributed by atoms with Gasteiger partial charge in [0.25, 0.3) is 0 Å². The molecule has 4 rings (SSSR count). The monoisotopic (exact) mass is 462 g/mol. The van der Waals surface area contributed by atoms with E-state index < -0.39 is 5.60 Å². The minimum atomic E-state index is -0.458. The Labute approximate surface area is 201 Å². The van der Waals surface area contributed by atoms with E-state index in [0.717, 1.165) is 18.5 Å². The highest BCUT2D eigenvalue weighted by Gasteiger charge is 2.29. The SMILES string of the molecule is CC(C)c1ccc(-c2ccccc2-c2csc(C3CCN(C(=O)OC(C)(C)C)CC3)n2)cc1. The van der Waals surface area contributed by atoms with Crippen molar-refractivity contribution in [2.45, 2.75) is 64.9 Å². The average molecular weight is 463 g/mol. The fourth-order valence-electron chi connectivity index (χ4n) is 4.24. The molecule has 1 aromatic heterocycles. The molecule has 0 saturated carbocycles. The lowest BCUT2D eigenvalue weighted by molar-refractivity contribution is 0.0205.